The molecule has 0 saturated carbocycles. The molecule has 2 aromatic rings. The van der Waals surface area contributed by atoms with E-state index in [-0.39, 0.29) is 23.0 Å². The highest BCUT2D eigenvalue weighted by Crippen LogP contribution is 2.33. The van der Waals surface area contributed by atoms with Gasteiger partial charge in [0.1, 0.15) is 11.2 Å². The number of nitro benzene ring substituents is 1. The van der Waals surface area contributed by atoms with Gasteiger partial charge in [-0.1, -0.05) is 0 Å². The minimum atomic E-state index is -1.16. The lowest BCUT2D eigenvalue weighted by molar-refractivity contribution is -0.383. The van der Waals surface area contributed by atoms with Crippen molar-refractivity contribution < 1.29 is 19.6 Å². The number of non-ortho nitro benzene ring substituents is 1. The number of carboxylic acids is 1. The maximum absolute atomic E-state index is 11.1. The second-order valence-corrected chi connectivity index (χ2v) is 4.77. The molecule has 1 atom stereocenters. The number of hydrogen-bond donors (Lipinski definition) is 3. The smallest absolute Gasteiger partial charge is 0.352 e. The van der Waals surface area contributed by atoms with Crippen molar-refractivity contribution in [1.29, 1.82) is 0 Å². The summed E-state index contributed by atoms with van der Waals surface area (Å²) >= 11 is 0. The number of carboxylic acid groups (broad SMARTS) is 1. The number of nitrogens with zero attached hydrogens (tertiary/aromatic N) is 1. The van der Waals surface area contributed by atoms with Gasteiger partial charge >= 0.3 is 5.97 Å². The maximum Gasteiger partial charge on any atom is 0.352 e. The minimum absolute atomic E-state index is 0.0793. The van der Waals surface area contributed by atoms with Gasteiger partial charge in [-0.2, -0.15) is 0 Å². The first-order chi connectivity index (χ1) is 10.1. The van der Waals surface area contributed by atoms with Crippen LogP contribution in [0.15, 0.2) is 18.2 Å². The van der Waals surface area contributed by atoms with Gasteiger partial charge < -0.3 is 20.1 Å². The van der Waals surface area contributed by atoms with Crippen LogP contribution in [0.4, 0.5) is 5.69 Å². The van der Waals surface area contributed by atoms with Crippen molar-refractivity contribution in [3.63, 3.8) is 0 Å². The lowest BCUT2D eigenvalue weighted by Gasteiger charge is -2.24. The van der Waals surface area contributed by atoms with Gasteiger partial charge in [-0.25, -0.2) is 4.79 Å². The summed E-state index contributed by atoms with van der Waals surface area (Å²) in [5, 5.41) is 23.8. The fourth-order valence-corrected chi connectivity index (χ4v) is 2.54. The van der Waals surface area contributed by atoms with E-state index in [2.05, 4.69) is 10.3 Å². The van der Waals surface area contributed by atoms with E-state index in [1.165, 1.54) is 12.1 Å². The van der Waals surface area contributed by atoms with Crippen LogP contribution in [0, 0.1) is 10.1 Å². The molecule has 3 rings (SSSR count). The van der Waals surface area contributed by atoms with Crippen LogP contribution in [-0.4, -0.2) is 40.7 Å². The van der Waals surface area contributed by atoms with Crippen LogP contribution in [0.5, 0.6) is 0 Å². The van der Waals surface area contributed by atoms with E-state index in [0.29, 0.717) is 18.5 Å². The molecule has 21 heavy (non-hydrogen) atoms. The van der Waals surface area contributed by atoms with Crippen molar-refractivity contribution in [2.45, 2.75) is 6.10 Å². The van der Waals surface area contributed by atoms with E-state index < -0.39 is 10.9 Å². The van der Waals surface area contributed by atoms with Crippen LogP contribution in [0.1, 0.15) is 22.2 Å². The van der Waals surface area contributed by atoms with E-state index in [0.717, 1.165) is 12.1 Å². The van der Waals surface area contributed by atoms with Crippen molar-refractivity contribution in [1.82, 2.24) is 10.3 Å². The van der Waals surface area contributed by atoms with Gasteiger partial charge in [-0.05, 0) is 17.7 Å². The molecule has 8 heteroatoms. The molecular weight excluding hydrogens is 278 g/mol. The summed E-state index contributed by atoms with van der Waals surface area (Å²) in [6.07, 6.45) is -0.250. The molecule has 1 fully saturated rings. The molecule has 110 valence electrons. The number of rotatable bonds is 3. The second kappa shape index (κ2) is 5.15. The average molecular weight is 291 g/mol. The van der Waals surface area contributed by atoms with E-state index in [4.69, 9.17) is 9.84 Å². The van der Waals surface area contributed by atoms with Crippen molar-refractivity contribution in [3.05, 3.63) is 39.6 Å². The van der Waals surface area contributed by atoms with Gasteiger partial charge in [0.25, 0.3) is 5.69 Å². The molecule has 1 aromatic carbocycles. The summed E-state index contributed by atoms with van der Waals surface area (Å²) in [5.41, 5.74) is 0.727. The Morgan fingerprint density at radius 1 is 1.48 bits per heavy atom. The third kappa shape index (κ3) is 2.34. The highest BCUT2D eigenvalue weighted by Gasteiger charge is 2.24. The Hall–Kier alpha value is -2.45. The molecule has 8 nitrogen and oxygen atoms in total. The molecule has 1 aliphatic rings. The number of hydrogen-bond acceptors (Lipinski definition) is 5. The number of H-pyrrole nitrogens is 1. The normalized spacial score (nSPS) is 18.8. The predicted octanol–water partition coefficient (Wildman–Crippen LogP) is 1.44. The van der Waals surface area contributed by atoms with E-state index in [1.807, 2.05) is 0 Å². The molecule has 1 aliphatic heterocycles. The first kappa shape index (κ1) is 13.5. The summed E-state index contributed by atoms with van der Waals surface area (Å²) < 4.78 is 5.65. The van der Waals surface area contributed by atoms with Crippen molar-refractivity contribution in [2.24, 2.45) is 0 Å². The Kier molecular flexibility index (Phi) is 3.32. The van der Waals surface area contributed by atoms with Gasteiger partial charge in [0.2, 0.25) is 0 Å². The second-order valence-electron chi connectivity index (χ2n) is 4.77. The van der Waals surface area contributed by atoms with Crippen LogP contribution in [0.25, 0.3) is 10.9 Å². The molecule has 1 aromatic heterocycles. The average Bonchev–Trinajstić information content (AvgIpc) is 2.92. The van der Waals surface area contributed by atoms with Gasteiger partial charge in [0, 0.05) is 24.5 Å². The van der Waals surface area contributed by atoms with E-state index in [9.17, 15) is 14.9 Å². The van der Waals surface area contributed by atoms with Gasteiger partial charge in [-0.15, -0.1) is 0 Å². The number of carbonyl (C=O) groups is 1. The monoisotopic (exact) mass is 291 g/mol. The topological polar surface area (TPSA) is 117 Å². The molecule has 0 spiro atoms. The molecular formula is C13H13N3O5. The Morgan fingerprint density at radius 3 is 2.90 bits per heavy atom. The highest BCUT2D eigenvalue weighted by molar-refractivity contribution is 5.98. The number of ether oxygens (including phenoxy) is 1. The summed E-state index contributed by atoms with van der Waals surface area (Å²) in [5.74, 6) is -1.16. The zero-order valence-corrected chi connectivity index (χ0v) is 11.0. The zero-order chi connectivity index (χ0) is 15.0. The number of nitro groups is 1. The Labute approximate surface area is 118 Å². The zero-order valence-electron chi connectivity index (χ0n) is 11.0. The maximum atomic E-state index is 11.1. The van der Waals surface area contributed by atoms with Crippen molar-refractivity contribution in [2.75, 3.05) is 19.7 Å². The first-order valence-corrected chi connectivity index (χ1v) is 6.43. The number of aromatic carboxylic acids is 1. The Balaban J connectivity index is 2.19. The number of aromatic nitrogens is 1. The summed E-state index contributed by atoms with van der Waals surface area (Å²) in [7, 11) is 0. The SMILES string of the molecule is O=C(O)c1cc2c(C3CNCCO3)ccc([N+](=O)[O-])c2[nH]1. The highest BCUT2D eigenvalue weighted by atomic mass is 16.6. The lowest BCUT2D eigenvalue weighted by atomic mass is 10.0. The van der Waals surface area contributed by atoms with Crippen LogP contribution in [0.3, 0.4) is 0 Å². The van der Waals surface area contributed by atoms with Gasteiger partial charge in [0.05, 0.1) is 17.6 Å². The van der Waals surface area contributed by atoms with Crippen LogP contribution < -0.4 is 5.32 Å². The summed E-state index contributed by atoms with van der Waals surface area (Å²) in [4.78, 5) is 24.2. The third-order valence-corrected chi connectivity index (χ3v) is 3.51. The Morgan fingerprint density at radius 2 is 2.29 bits per heavy atom. The van der Waals surface area contributed by atoms with Crippen molar-refractivity contribution >= 4 is 22.6 Å². The molecule has 3 N–H and O–H groups in total. The fraction of sp³-hybridized carbons (Fsp3) is 0.308. The molecule has 2 heterocycles. The molecule has 0 bridgehead atoms. The first-order valence-electron chi connectivity index (χ1n) is 6.43. The summed E-state index contributed by atoms with van der Waals surface area (Å²) in [6.45, 7) is 1.87. The number of nitrogens with one attached hydrogen (secondary N) is 2. The predicted molar refractivity (Wildman–Crippen MR) is 73.5 cm³/mol. The number of aromatic amines is 1. The molecule has 0 amide bonds. The largest absolute Gasteiger partial charge is 0.477 e. The Bertz CT molecular complexity index is 718. The molecule has 1 unspecified atom stereocenters. The lowest BCUT2D eigenvalue weighted by Crippen LogP contribution is -2.33. The van der Waals surface area contributed by atoms with Crippen LogP contribution in [-0.2, 0) is 4.74 Å². The fourth-order valence-electron chi connectivity index (χ4n) is 2.54. The number of benzene rings is 1. The van der Waals surface area contributed by atoms with Crippen molar-refractivity contribution in [3.8, 4) is 0 Å². The number of fused-ring (bicyclic) bond motifs is 1. The molecule has 0 aliphatic carbocycles. The minimum Gasteiger partial charge on any atom is -0.477 e. The van der Waals surface area contributed by atoms with Gasteiger partial charge in [-0.3, -0.25) is 10.1 Å². The number of morpholine rings is 1. The van der Waals surface area contributed by atoms with E-state index >= 15 is 0 Å². The van der Waals surface area contributed by atoms with Gasteiger partial charge in [0.15, 0.2) is 0 Å². The third-order valence-electron chi connectivity index (χ3n) is 3.51. The van der Waals surface area contributed by atoms with Crippen LogP contribution in [0.2, 0.25) is 0 Å². The van der Waals surface area contributed by atoms with E-state index in [1.54, 1.807) is 6.07 Å². The quantitative estimate of drug-likeness (QED) is 0.581. The molecule has 1 saturated heterocycles. The standard InChI is InChI=1S/C13H13N3O5/c17-13(18)9-5-8-7(11-6-14-3-4-21-11)1-2-10(16(19)20)12(8)15-9/h1-2,5,11,14-15H,3-4,6H2,(H,17,18). The summed E-state index contributed by atoms with van der Waals surface area (Å²) in [6, 6.07) is 4.41. The molecule has 0 radical (unpaired) electrons. The van der Waals surface area contributed by atoms with Crippen LogP contribution >= 0.6 is 0 Å².